The molecule has 1 fully saturated rings. The van der Waals surface area contributed by atoms with Gasteiger partial charge < -0.3 is 14.7 Å². The fourth-order valence-corrected chi connectivity index (χ4v) is 3.54. The van der Waals surface area contributed by atoms with Gasteiger partial charge in [0.15, 0.2) is 0 Å². The number of esters is 1. The molecule has 0 atom stereocenters. The van der Waals surface area contributed by atoms with E-state index in [1.165, 1.54) is 0 Å². The third kappa shape index (κ3) is 3.23. The molecule has 0 saturated carbocycles. The average molecular weight is 356 g/mol. The monoisotopic (exact) mass is 356 g/mol. The molecule has 0 aliphatic carbocycles. The average Bonchev–Trinajstić information content (AvgIpc) is 2.64. The normalized spacial score (nSPS) is 15.3. The molecular formula is C20H24N2O4. The molecule has 3 rings (SSSR count). The van der Waals surface area contributed by atoms with Gasteiger partial charge in [0.25, 0.3) is 0 Å². The molecule has 0 amide bonds. The number of benzene rings is 1. The van der Waals surface area contributed by atoms with Gasteiger partial charge in [0.2, 0.25) is 0 Å². The van der Waals surface area contributed by atoms with Gasteiger partial charge in [0.1, 0.15) is 5.56 Å². The molecule has 0 unspecified atom stereocenters. The summed E-state index contributed by atoms with van der Waals surface area (Å²) in [6, 6.07) is 4.02. The lowest BCUT2D eigenvalue weighted by Gasteiger charge is -2.33. The minimum Gasteiger partial charge on any atom is -0.481 e. The summed E-state index contributed by atoms with van der Waals surface area (Å²) in [5.41, 5.74) is 4.34. The first-order valence-electron chi connectivity index (χ1n) is 8.97. The van der Waals surface area contributed by atoms with Crippen LogP contribution in [0.1, 0.15) is 41.3 Å². The van der Waals surface area contributed by atoms with Crippen molar-refractivity contribution in [1.29, 1.82) is 0 Å². The summed E-state index contributed by atoms with van der Waals surface area (Å²) >= 11 is 0. The van der Waals surface area contributed by atoms with Gasteiger partial charge >= 0.3 is 11.9 Å². The minimum atomic E-state index is -0.749. The second kappa shape index (κ2) is 7.32. The first-order chi connectivity index (χ1) is 12.4. The third-order valence-corrected chi connectivity index (χ3v) is 5.19. The van der Waals surface area contributed by atoms with E-state index in [2.05, 4.69) is 9.88 Å². The number of fused-ring (bicyclic) bond motifs is 1. The number of carboxylic acid groups (broad SMARTS) is 1. The summed E-state index contributed by atoms with van der Waals surface area (Å²) in [5.74, 6) is -1.47. The predicted octanol–water partition coefficient (Wildman–Crippen LogP) is 3.33. The molecule has 2 aromatic rings. The fraction of sp³-hybridized carbons (Fsp3) is 0.450. The highest BCUT2D eigenvalue weighted by atomic mass is 16.5. The van der Waals surface area contributed by atoms with E-state index >= 15 is 0 Å². The SMILES string of the molecule is CCOC(=O)c1cnc2c(C)c(C)ccc2c1N1CCC(C(=O)O)CC1. The zero-order valence-electron chi connectivity index (χ0n) is 15.4. The van der Waals surface area contributed by atoms with E-state index < -0.39 is 11.9 Å². The van der Waals surface area contributed by atoms with Crippen molar-refractivity contribution < 1.29 is 19.4 Å². The van der Waals surface area contributed by atoms with Crippen LogP contribution in [0, 0.1) is 19.8 Å². The number of carboxylic acids is 1. The number of ether oxygens (including phenoxy) is 1. The highest BCUT2D eigenvalue weighted by molar-refractivity contribution is 6.06. The largest absolute Gasteiger partial charge is 0.481 e. The number of piperidine rings is 1. The Labute approximate surface area is 152 Å². The molecule has 138 valence electrons. The highest BCUT2D eigenvalue weighted by Gasteiger charge is 2.28. The minimum absolute atomic E-state index is 0.296. The Hall–Kier alpha value is -2.63. The van der Waals surface area contributed by atoms with E-state index in [0.29, 0.717) is 38.1 Å². The van der Waals surface area contributed by atoms with Crippen molar-refractivity contribution in [1.82, 2.24) is 4.98 Å². The molecule has 6 nitrogen and oxygen atoms in total. The maximum Gasteiger partial charge on any atom is 0.341 e. The molecule has 1 N–H and O–H groups in total. The van der Waals surface area contributed by atoms with Crippen molar-refractivity contribution in [3.63, 3.8) is 0 Å². The van der Waals surface area contributed by atoms with Crippen LogP contribution in [-0.2, 0) is 9.53 Å². The number of aryl methyl sites for hydroxylation is 2. The fourth-order valence-electron chi connectivity index (χ4n) is 3.54. The first-order valence-corrected chi connectivity index (χ1v) is 8.97. The highest BCUT2D eigenvalue weighted by Crippen LogP contribution is 2.35. The topological polar surface area (TPSA) is 79.7 Å². The Balaban J connectivity index is 2.10. The number of rotatable bonds is 4. The Morgan fingerprint density at radius 3 is 2.58 bits per heavy atom. The number of hydrogen-bond acceptors (Lipinski definition) is 5. The Morgan fingerprint density at radius 2 is 1.96 bits per heavy atom. The Morgan fingerprint density at radius 1 is 1.27 bits per heavy atom. The maximum absolute atomic E-state index is 12.5. The van der Waals surface area contributed by atoms with E-state index in [1.807, 2.05) is 26.0 Å². The summed E-state index contributed by atoms with van der Waals surface area (Å²) in [7, 11) is 0. The molecule has 2 heterocycles. The summed E-state index contributed by atoms with van der Waals surface area (Å²) in [6.07, 6.45) is 2.71. The van der Waals surface area contributed by atoms with E-state index in [1.54, 1.807) is 13.1 Å². The Kier molecular flexibility index (Phi) is 5.11. The van der Waals surface area contributed by atoms with E-state index in [4.69, 9.17) is 4.74 Å². The number of aromatic nitrogens is 1. The molecule has 1 saturated heterocycles. The summed E-state index contributed by atoms with van der Waals surface area (Å²) in [6.45, 7) is 7.32. The van der Waals surface area contributed by atoms with Crippen LogP contribution >= 0.6 is 0 Å². The number of carbonyl (C=O) groups is 2. The van der Waals surface area contributed by atoms with Gasteiger partial charge in [-0.05, 0) is 44.7 Å². The second-order valence-corrected chi connectivity index (χ2v) is 6.74. The molecule has 1 aliphatic rings. The predicted molar refractivity (Wildman–Crippen MR) is 99.7 cm³/mol. The molecule has 0 bridgehead atoms. The van der Waals surface area contributed by atoms with Crippen molar-refractivity contribution in [2.75, 3.05) is 24.6 Å². The van der Waals surface area contributed by atoms with Gasteiger partial charge in [-0.1, -0.05) is 12.1 Å². The number of hydrogen-bond donors (Lipinski definition) is 1. The van der Waals surface area contributed by atoms with Crippen molar-refractivity contribution in [2.24, 2.45) is 5.92 Å². The van der Waals surface area contributed by atoms with Gasteiger partial charge in [0.05, 0.1) is 23.7 Å². The maximum atomic E-state index is 12.5. The van der Waals surface area contributed by atoms with Crippen LogP contribution in [0.4, 0.5) is 5.69 Å². The van der Waals surface area contributed by atoms with Crippen LogP contribution in [0.2, 0.25) is 0 Å². The second-order valence-electron chi connectivity index (χ2n) is 6.74. The molecule has 6 heteroatoms. The van der Waals surface area contributed by atoms with Gasteiger partial charge in [-0.2, -0.15) is 0 Å². The number of aliphatic carboxylic acids is 1. The van der Waals surface area contributed by atoms with Crippen molar-refractivity contribution >= 4 is 28.5 Å². The first kappa shape index (κ1) is 18.2. The molecule has 1 aliphatic heterocycles. The third-order valence-electron chi connectivity index (χ3n) is 5.19. The van der Waals surface area contributed by atoms with Gasteiger partial charge in [-0.3, -0.25) is 9.78 Å². The van der Waals surface area contributed by atoms with Crippen LogP contribution in [0.3, 0.4) is 0 Å². The zero-order valence-corrected chi connectivity index (χ0v) is 15.4. The Bertz CT molecular complexity index is 855. The lowest BCUT2D eigenvalue weighted by Crippen LogP contribution is -2.37. The standard InChI is InChI=1S/C20H24N2O4/c1-4-26-20(25)16-11-21-17-13(3)12(2)5-6-15(17)18(16)22-9-7-14(8-10-22)19(23)24/h5-6,11,14H,4,7-10H2,1-3H3,(H,23,24). The zero-order chi connectivity index (χ0) is 18.8. The number of pyridine rings is 1. The molecule has 1 aromatic heterocycles. The van der Waals surface area contributed by atoms with Gasteiger partial charge in [0, 0.05) is 24.7 Å². The summed E-state index contributed by atoms with van der Waals surface area (Å²) in [5, 5.41) is 10.2. The quantitative estimate of drug-likeness (QED) is 0.847. The van der Waals surface area contributed by atoms with E-state index in [9.17, 15) is 14.7 Å². The molecule has 0 spiro atoms. The van der Waals surface area contributed by atoms with Crippen LogP contribution in [0.5, 0.6) is 0 Å². The van der Waals surface area contributed by atoms with E-state index in [0.717, 1.165) is 27.7 Å². The van der Waals surface area contributed by atoms with Crippen LogP contribution in [0.25, 0.3) is 10.9 Å². The number of carbonyl (C=O) groups excluding carboxylic acids is 1. The van der Waals surface area contributed by atoms with Crippen LogP contribution < -0.4 is 4.90 Å². The molecule has 26 heavy (non-hydrogen) atoms. The number of nitrogens with zero attached hydrogens (tertiary/aromatic N) is 2. The van der Waals surface area contributed by atoms with E-state index in [-0.39, 0.29) is 5.92 Å². The van der Waals surface area contributed by atoms with Crippen molar-refractivity contribution in [3.05, 3.63) is 35.0 Å². The van der Waals surface area contributed by atoms with Gasteiger partial charge in [-0.15, -0.1) is 0 Å². The number of anilines is 1. The van der Waals surface area contributed by atoms with Crippen molar-refractivity contribution in [3.8, 4) is 0 Å². The summed E-state index contributed by atoms with van der Waals surface area (Å²) < 4.78 is 5.22. The lowest BCUT2D eigenvalue weighted by atomic mass is 9.95. The van der Waals surface area contributed by atoms with Crippen molar-refractivity contribution in [2.45, 2.75) is 33.6 Å². The molecule has 1 aromatic carbocycles. The molecular weight excluding hydrogens is 332 g/mol. The smallest absolute Gasteiger partial charge is 0.341 e. The summed E-state index contributed by atoms with van der Waals surface area (Å²) in [4.78, 5) is 30.4. The van der Waals surface area contributed by atoms with Crippen LogP contribution in [0.15, 0.2) is 18.3 Å². The lowest BCUT2D eigenvalue weighted by molar-refractivity contribution is -0.142. The van der Waals surface area contributed by atoms with Crippen LogP contribution in [-0.4, -0.2) is 41.7 Å². The van der Waals surface area contributed by atoms with Gasteiger partial charge in [-0.25, -0.2) is 4.79 Å². The molecule has 0 radical (unpaired) electrons.